The van der Waals surface area contributed by atoms with Crippen LogP contribution in [0.25, 0.3) is 0 Å². The molecule has 5 heteroatoms. The molecule has 29 heavy (non-hydrogen) atoms. The normalized spacial score (nSPS) is 18.7. The summed E-state index contributed by atoms with van der Waals surface area (Å²) in [6.45, 7) is 2.54. The van der Waals surface area contributed by atoms with Gasteiger partial charge in [-0.2, -0.15) is 0 Å². The Morgan fingerprint density at radius 2 is 1.48 bits per heavy atom. The molecule has 0 atom stereocenters. The average Bonchev–Trinajstić information content (AvgIpc) is 2.78. The Hall–Kier alpha value is -2.82. The van der Waals surface area contributed by atoms with Gasteiger partial charge in [0.2, 0.25) is 11.8 Å². The van der Waals surface area contributed by atoms with Gasteiger partial charge in [-0.15, -0.1) is 0 Å². The van der Waals surface area contributed by atoms with Gasteiger partial charge in [0.05, 0.1) is 7.11 Å². The molecular formula is C24H30N2O3. The highest BCUT2D eigenvalue weighted by Crippen LogP contribution is 2.30. The Morgan fingerprint density at radius 1 is 0.897 bits per heavy atom. The third-order valence-corrected chi connectivity index (χ3v) is 5.77. The van der Waals surface area contributed by atoms with Gasteiger partial charge in [0.15, 0.2) is 0 Å². The van der Waals surface area contributed by atoms with E-state index in [-0.39, 0.29) is 23.7 Å². The van der Waals surface area contributed by atoms with E-state index in [1.165, 1.54) is 0 Å². The van der Waals surface area contributed by atoms with Crippen LogP contribution in [0.5, 0.6) is 5.75 Å². The number of ether oxygens (including phenoxy) is 1. The summed E-state index contributed by atoms with van der Waals surface area (Å²) in [5.41, 5.74) is 3.01. The summed E-state index contributed by atoms with van der Waals surface area (Å²) in [6.07, 6.45) is 3.85. The molecule has 0 radical (unpaired) electrons. The first-order valence-corrected chi connectivity index (χ1v) is 10.4. The number of nitrogens with one attached hydrogen (secondary N) is 2. The van der Waals surface area contributed by atoms with Gasteiger partial charge in [-0.1, -0.05) is 43.3 Å². The monoisotopic (exact) mass is 394 g/mol. The third-order valence-electron chi connectivity index (χ3n) is 5.77. The number of aryl methyl sites for hydroxylation is 1. The maximum Gasteiger partial charge on any atom is 0.227 e. The van der Waals surface area contributed by atoms with Gasteiger partial charge in [0.25, 0.3) is 0 Å². The number of benzene rings is 2. The zero-order valence-electron chi connectivity index (χ0n) is 17.2. The van der Waals surface area contributed by atoms with E-state index < -0.39 is 0 Å². The minimum Gasteiger partial charge on any atom is -0.496 e. The molecule has 1 fully saturated rings. The van der Waals surface area contributed by atoms with E-state index >= 15 is 0 Å². The van der Waals surface area contributed by atoms with Crippen molar-refractivity contribution in [3.05, 3.63) is 59.7 Å². The lowest BCUT2D eigenvalue weighted by molar-refractivity contribution is -0.128. The Balaban J connectivity index is 1.48. The second-order valence-corrected chi connectivity index (χ2v) is 7.58. The Kier molecular flexibility index (Phi) is 7.28. The molecule has 1 saturated carbocycles. The van der Waals surface area contributed by atoms with E-state index in [4.69, 9.17) is 4.74 Å². The standard InChI is InChI=1S/C24H30N2O3/c1-3-17-8-4-6-10-21(17)26-24(28)19-14-12-18(13-15-19)23(27)25-16-20-9-5-7-11-22(20)29-2/h4-11,18-19H,3,12-16H2,1-2H3,(H,25,27)(H,26,28). The number of rotatable bonds is 7. The number of methoxy groups -OCH3 is 1. The minimum atomic E-state index is -0.0308. The van der Waals surface area contributed by atoms with Gasteiger partial charge < -0.3 is 15.4 Å². The van der Waals surface area contributed by atoms with Crippen LogP contribution in [-0.4, -0.2) is 18.9 Å². The molecule has 154 valence electrons. The SMILES string of the molecule is CCc1ccccc1NC(=O)C1CCC(C(=O)NCc2ccccc2OC)CC1. The fraction of sp³-hybridized carbons (Fsp3) is 0.417. The van der Waals surface area contributed by atoms with Crippen LogP contribution >= 0.6 is 0 Å². The number of anilines is 1. The molecule has 1 aliphatic carbocycles. The molecule has 2 aromatic carbocycles. The van der Waals surface area contributed by atoms with Crippen molar-refractivity contribution in [3.8, 4) is 5.75 Å². The fourth-order valence-corrected chi connectivity index (χ4v) is 3.98. The molecular weight excluding hydrogens is 364 g/mol. The maximum absolute atomic E-state index is 12.7. The van der Waals surface area contributed by atoms with Crippen LogP contribution in [-0.2, 0) is 22.6 Å². The predicted molar refractivity (Wildman–Crippen MR) is 115 cm³/mol. The van der Waals surface area contributed by atoms with E-state index in [9.17, 15) is 9.59 Å². The highest BCUT2D eigenvalue weighted by molar-refractivity contribution is 5.93. The summed E-state index contributed by atoms with van der Waals surface area (Å²) in [4.78, 5) is 25.2. The number of carbonyl (C=O) groups is 2. The van der Waals surface area contributed by atoms with Crippen LogP contribution in [0, 0.1) is 11.8 Å². The molecule has 1 aliphatic rings. The van der Waals surface area contributed by atoms with Crippen molar-refractivity contribution in [1.82, 2.24) is 5.32 Å². The molecule has 5 nitrogen and oxygen atoms in total. The summed E-state index contributed by atoms with van der Waals surface area (Å²) < 4.78 is 5.33. The number of hydrogen-bond acceptors (Lipinski definition) is 3. The molecule has 0 aromatic heterocycles. The van der Waals surface area contributed by atoms with Crippen molar-refractivity contribution >= 4 is 17.5 Å². The largest absolute Gasteiger partial charge is 0.496 e. The first-order chi connectivity index (χ1) is 14.1. The van der Waals surface area contributed by atoms with E-state index in [2.05, 4.69) is 17.6 Å². The lowest BCUT2D eigenvalue weighted by atomic mass is 9.81. The Labute approximate surface area is 172 Å². The minimum absolute atomic E-state index is 0.0295. The lowest BCUT2D eigenvalue weighted by Gasteiger charge is -2.27. The Morgan fingerprint density at radius 3 is 2.14 bits per heavy atom. The third kappa shape index (κ3) is 5.37. The van der Waals surface area contributed by atoms with E-state index in [0.717, 1.165) is 54.7 Å². The van der Waals surface area contributed by atoms with Crippen LogP contribution in [0.15, 0.2) is 48.5 Å². The molecule has 0 bridgehead atoms. The summed E-state index contributed by atoms with van der Waals surface area (Å²) in [6, 6.07) is 15.6. The lowest BCUT2D eigenvalue weighted by Crippen LogP contribution is -2.35. The van der Waals surface area contributed by atoms with Crippen molar-refractivity contribution in [3.63, 3.8) is 0 Å². The molecule has 0 unspecified atom stereocenters. The van der Waals surface area contributed by atoms with Crippen LogP contribution in [0.3, 0.4) is 0 Å². The van der Waals surface area contributed by atoms with E-state index in [1.54, 1.807) is 7.11 Å². The predicted octanol–water partition coefficient (Wildman–Crippen LogP) is 4.32. The summed E-state index contributed by atoms with van der Waals surface area (Å²) in [5, 5.41) is 6.10. The zero-order valence-corrected chi connectivity index (χ0v) is 17.2. The maximum atomic E-state index is 12.7. The fourth-order valence-electron chi connectivity index (χ4n) is 3.98. The molecule has 0 saturated heterocycles. The topological polar surface area (TPSA) is 67.4 Å². The number of amides is 2. The number of para-hydroxylation sites is 2. The first kappa shape index (κ1) is 20.9. The second kappa shape index (κ2) is 10.1. The average molecular weight is 395 g/mol. The smallest absolute Gasteiger partial charge is 0.227 e. The van der Waals surface area contributed by atoms with Crippen molar-refractivity contribution in [2.45, 2.75) is 45.6 Å². The van der Waals surface area contributed by atoms with E-state index in [1.807, 2.05) is 48.5 Å². The Bertz CT molecular complexity index is 842. The van der Waals surface area contributed by atoms with Crippen molar-refractivity contribution < 1.29 is 14.3 Å². The summed E-state index contributed by atoms with van der Waals surface area (Å²) in [7, 11) is 1.63. The van der Waals surface area contributed by atoms with Crippen molar-refractivity contribution in [1.29, 1.82) is 0 Å². The molecule has 2 aromatic rings. The van der Waals surface area contributed by atoms with Gasteiger partial charge in [-0.3, -0.25) is 9.59 Å². The number of carbonyl (C=O) groups excluding carboxylic acids is 2. The number of hydrogen-bond donors (Lipinski definition) is 2. The van der Waals surface area contributed by atoms with Gasteiger partial charge in [0, 0.05) is 29.6 Å². The quantitative estimate of drug-likeness (QED) is 0.735. The van der Waals surface area contributed by atoms with Gasteiger partial charge in [-0.25, -0.2) is 0 Å². The molecule has 3 rings (SSSR count). The van der Waals surface area contributed by atoms with E-state index in [0.29, 0.717) is 6.54 Å². The van der Waals surface area contributed by atoms with Crippen LogP contribution in [0.2, 0.25) is 0 Å². The first-order valence-electron chi connectivity index (χ1n) is 10.4. The summed E-state index contributed by atoms with van der Waals surface area (Å²) >= 11 is 0. The van der Waals surface area contributed by atoms with Gasteiger partial charge in [-0.05, 0) is 49.8 Å². The molecule has 0 aliphatic heterocycles. The van der Waals surface area contributed by atoms with Gasteiger partial charge in [0.1, 0.15) is 5.75 Å². The second-order valence-electron chi connectivity index (χ2n) is 7.58. The molecule has 2 N–H and O–H groups in total. The zero-order chi connectivity index (χ0) is 20.6. The van der Waals surface area contributed by atoms with Crippen molar-refractivity contribution in [2.24, 2.45) is 11.8 Å². The highest BCUT2D eigenvalue weighted by atomic mass is 16.5. The molecule has 2 amide bonds. The van der Waals surface area contributed by atoms with Crippen LogP contribution in [0.4, 0.5) is 5.69 Å². The van der Waals surface area contributed by atoms with Crippen molar-refractivity contribution in [2.75, 3.05) is 12.4 Å². The molecule has 0 heterocycles. The molecule has 0 spiro atoms. The summed E-state index contributed by atoms with van der Waals surface area (Å²) in [5.74, 6) is 0.847. The van der Waals surface area contributed by atoms with Crippen LogP contribution < -0.4 is 15.4 Å². The highest BCUT2D eigenvalue weighted by Gasteiger charge is 2.30. The van der Waals surface area contributed by atoms with Crippen LogP contribution in [0.1, 0.15) is 43.7 Å². The van der Waals surface area contributed by atoms with Gasteiger partial charge >= 0.3 is 0 Å².